The highest BCUT2D eigenvalue weighted by molar-refractivity contribution is 9.09. The Morgan fingerprint density at radius 1 is 0.889 bits per heavy atom. The minimum Gasteiger partial charge on any atom is -0.243 e. The molecule has 144 valence electrons. The van der Waals surface area contributed by atoms with E-state index in [4.69, 9.17) is 10.2 Å². The van der Waals surface area contributed by atoms with E-state index < -0.39 is 0 Å². The molecule has 0 aliphatic carbocycles. The highest BCUT2D eigenvalue weighted by atomic mass is 79.9. The molecule has 6 heteroatoms. The molecule has 0 saturated heterocycles. The molecule has 0 saturated carbocycles. The molecule has 0 spiro atoms. The Bertz CT molecular complexity index is 822. The highest BCUT2D eigenvalue weighted by Gasteiger charge is 2.22. The van der Waals surface area contributed by atoms with Crippen molar-refractivity contribution in [3.63, 3.8) is 0 Å². The standard InChI is InChI=1S/C21H27BrN4S/c1-15(2)18-9-12-25(23-18)21(26-13-10-19(24-26)16(3)4)17-7-5-6-8-20(17)27-14-11-22/h5-10,12-13,15-16,21H,11,14H2,1-4H3. The summed E-state index contributed by atoms with van der Waals surface area (Å²) in [6.45, 7) is 8.69. The average molecular weight is 447 g/mol. The van der Waals surface area contributed by atoms with Crippen LogP contribution in [-0.2, 0) is 0 Å². The van der Waals surface area contributed by atoms with Gasteiger partial charge in [0.05, 0.1) is 11.4 Å². The van der Waals surface area contributed by atoms with Crippen LogP contribution in [0.1, 0.15) is 62.6 Å². The SMILES string of the molecule is CC(C)c1ccn(C(c2ccccc2SCCBr)n2ccc(C(C)C)n2)n1. The first-order valence-electron chi connectivity index (χ1n) is 9.39. The van der Waals surface area contributed by atoms with E-state index in [1.54, 1.807) is 0 Å². The van der Waals surface area contributed by atoms with Crippen LogP contribution >= 0.6 is 27.7 Å². The second kappa shape index (κ2) is 9.11. The molecule has 2 heterocycles. The van der Waals surface area contributed by atoms with Crippen molar-refractivity contribution in [1.29, 1.82) is 0 Å². The van der Waals surface area contributed by atoms with E-state index in [0.29, 0.717) is 11.8 Å². The number of hydrogen-bond donors (Lipinski definition) is 0. The number of benzene rings is 1. The molecule has 0 bridgehead atoms. The van der Waals surface area contributed by atoms with Crippen molar-refractivity contribution in [2.45, 2.75) is 50.6 Å². The van der Waals surface area contributed by atoms with Gasteiger partial charge in [0, 0.05) is 33.9 Å². The van der Waals surface area contributed by atoms with Gasteiger partial charge in [-0.15, -0.1) is 11.8 Å². The maximum atomic E-state index is 4.88. The van der Waals surface area contributed by atoms with Gasteiger partial charge < -0.3 is 0 Å². The van der Waals surface area contributed by atoms with Gasteiger partial charge in [0.1, 0.15) is 0 Å². The molecule has 0 atom stereocenters. The van der Waals surface area contributed by atoms with E-state index in [9.17, 15) is 0 Å². The van der Waals surface area contributed by atoms with E-state index in [-0.39, 0.29) is 6.17 Å². The predicted molar refractivity (Wildman–Crippen MR) is 117 cm³/mol. The predicted octanol–water partition coefficient (Wildman–Crippen LogP) is 5.91. The van der Waals surface area contributed by atoms with Gasteiger partial charge in [-0.25, -0.2) is 9.36 Å². The third kappa shape index (κ3) is 4.66. The summed E-state index contributed by atoms with van der Waals surface area (Å²) in [5, 5.41) is 10.7. The zero-order chi connectivity index (χ0) is 19.4. The second-order valence-corrected chi connectivity index (χ2v) is 9.13. The molecule has 0 fully saturated rings. The summed E-state index contributed by atoms with van der Waals surface area (Å²) >= 11 is 5.40. The highest BCUT2D eigenvalue weighted by Crippen LogP contribution is 2.31. The zero-order valence-electron chi connectivity index (χ0n) is 16.3. The summed E-state index contributed by atoms with van der Waals surface area (Å²) in [5.41, 5.74) is 3.42. The number of alkyl halides is 1. The molecular weight excluding hydrogens is 420 g/mol. The Hall–Kier alpha value is -1.53. The van der Waals surface area contributed by atoms with Crippen LogP contribution in [-0.4, -0.2) is 30.6 Å². The molecule has 3 rings (SSSR count). The van der Waals surface area contributed by atoms with E-state index in [0.717, 1.165) is 22.5 Å². The smallest absolute Gasteiger partial charge is 0.169 e. The third-order valence-electron chi connectivity index (χ3n) is 4.47. The normalized spacial score (nSPS) is 11.9. The average Bonchev–Trinajstić information content (AvgIpc) is 3.31. The Morgan fingerprint density at radius 3 is 1.93 bits per heavy atom. The summed E-state index contributed by atoms with van der Waals surface area (Å²) < 4.78 is 4.08. The van der Waals surface area contributed by atoms with Gasteiger partial charge in [0.15, 0.2) is 6.17 Å². The third-order valence-corrected chi connectivity index (χ3v) is 6.49. The summed E-state index contributed by atoms with van der Waals surface area (Å²) in [6, 6.07) is 12.8. The van der Waals surface area contributed by atoms with E-state index in [2.05, 4.69) is 92.4 Å². The van der Waals surface area contributed by atoms with Crippen LogP contribution in [0.5, 0.6) is 0 Å². The molecule has 4 nitrogen and oxygen atoms in total. The van der Waals surface area contributed by atoms with Gasteiger partial charge in [-0.2, -0.15) is 10.2 Å². The maximum Gasteiger partial charge on any atom is 0.169 e. The molecular formula is C21H27BrN4S. The molecule has 2 aromatic heterocycles. The second-order valence-electron chi connectivity index (χ2n) is 7.20. The molecule has 0 radical (unpaired) electrons. The molecule has 1 aromatic carbocycles. The fraction of sp³-hybridized carbons (Fsp3) is 0.429. The largest absolute Gasteiger partial charge is 0.243 e. The van der Waals surface area contributed by atoms with Crippen molar-refractivity contribution in [2.24, 2.45) is 0 Å². The number of rotatable bonds is 8. The van der Waals surface area contributed by atoms with Crippen LogP contribution in [0.25, 0.3) is 0 Å². The Balaban J connectivity index is 2.09. The van der Waals surface area contributed by atoms with Crippen molar-refractivity contribution in [2.75, 3.05) is 11.1 Å². The number of aromatic nitrogens is 4. The van der Waals surface area contributed by atoms with Crippen LogP contribution < -0.4 is 0 Å². The number of hydrogen-bond acceptors (Lipinski definition) is 3. The first kappa shape index (κ1) is 20.2. The molecule has 0 aliphatic heterocycles. The molecule has 0 N–H and O–H groups in total. The van der Waals surface area contributed by atoms with Gasteiger partial charge in [0.2, 0.25) is 0 Å². The van der Waals surface area contributed by atoms with Gasteiger partial charge >= 0.3 is 0 Å². The minimum absolute atomic E-state index is 0.0935. The van der Waals surface area contributed by atoms with Crippen LogP contribution in [0.2, 0.25) is 0 Å². The Labute approximate surface area is 174 Å². The van der Waals surface area contributed by atoms with Gasteiger partial charge in [-0.3, -0.25) is 0 Å². The van der Waals surface area contributed by atoms with Crippen LogP contribution in [0.15, 0.2) is 53.7 Å². The Morgan fingerprint density at radius 2 is 1.44 bits per heavy atom. The quantitative estimate of drug-likeness (QED) is 0.318. The lowest BCUT2D eigenvalue weighted by Gasteiger charge is -2.22. The molecule has 3 aromatic rings. The van der Waals surface area contributed by atoms with Crippen molar-refractivity contribution in [1.82, 2.24) is 19.6 Å². The topological polar surface area (TPSA) is 35.6 Å². The summed E-state index contributed by atoms with van der Waals surface area (Å²) in [6.07, 6.45) is 4.05. The van der Waals surface area contributed by atoms with Crippen molar-refractivity contribution in [3.8, 4) is 0 Å². The van der Waals surface area contributed by atoms with Crippen molar-refractivity contribution < 1.29 is 0 Å². The van der Waals surface area contributed by atoms with Gasteiger partial charge in [-0.05, 0) is 30.0 Å². The lowest BCUT2D eigenvalue weighted by atomic mass is 10.1. The maximum absolute atomic E-state index is 4.88. The molecule has 0 unspecified atom stereocenters. The van der Waals surface area contributed by atoms with E-state index in [1.807, 2.05) is 21.1 Å². The lowest BCUT2D eigenvalue weighted by molar-refractivity contribution is 0.406. The molecule has 27 heavy (non-hydrogen) atoms. The van der Waals surface area contributed by atoms with Gasteiger partial charge in [0.25, 0.3) is 0 Å². The van der Waals surface area contributed by atoms with E-state index in [1.165, 1.54) is 10.5 Å². The van der Waals surface area contributed by atoms with Crippen molar-refractivity contribution >= 4 is 27.7 Å². The monoisotopic (exact) mass is 446 g/mol. The molecule has 0 amide bonds. The fourth-order valence-electron chi connectivity index (χ4n) is 2.97. The summed E-state index contributed by atoms with van der Waals surface area (Å²) in [4.78, 5) is 1.27. The van der Waals surface area contributed by atoms with Crippen LogP contribution in [0.3, 0.4) is 0 Å². The number of thioether (sulfide) groups is 1. The first-order chi connectivity index (χ1) is 13.0. The number of nitrogens with zero attached hydrogens (tertiary/aromatic N) is 4. The summed E-state index contributed by atoms with van der Waals surface area (Å²) in [7, 11) is 0. The van der Waals surface area contributed by atoms with Crippen LogP contribution in [0, 0.1) is 0 Å². The number of halogens is 1. The van der Waals surface area contributed by atoms with Crippen LogP contribution in [0.4, 0.5) is 0 Å². The summed E-state index contributed by atoms with van der Waals surface area (Å²) in [5.74, 6) is 1.82. The van der Waals surface area contributed by atoms with Gasteiger partial charge in [-0.1, -0.05) is 61.8 Å². The van der Waals surface area contributed by atoms with Crippen molar-refractivity contribution in [3.05, 3.63) is 65.7 Å². The first-order valence-corrected chi connectivity index (χ1v) is 11.5. The minimum atomic E-state index is -0.0935. The fourth-order valence-corrected chi connectivity index (χ4v) is 4.27. The zero-order valence-corrected chi connectivity index (χ0v) is 18.7. The van der Waals surface area contributed by atoms with E-state index >= 15 is 0 Å². The Kier molecular flexibility index (Phi) is 6.82. The molecule has 0 aliphatic rings. The lowest BCUT2D eigenvalue weighted by Crippen LogP contribution is -2.22.